The molecule has 5 aromatic rings. The van der Waals surface area contributed by atoms with Gasteiger partial charge in [0.05, 0.1) is 16.1 Å². The van der Waals surface area contributed by atoms with Crippen molar-refractivity contribution in [1.82, 2.24) is 20.0 Å². The number of rotatable bonds is 5. The fourth-order valence-corrected chi connectivity index (χ4v) is 4.75. The molecule has 0 aliphatic heterocycles. The van der Waals surface area contributed by atoms with Gasteiger partial charge in [0, 0.05) is 29.3 Å². The van der Waals surface area contributed by atoms with E-state index < -0.39 is 10.0 Å². The van der Waals surface area contributed by atoms with Crippen LogP contribution in [-0.4, -0.2) is 28.4 Å². The standard InChI is InChI=1S/C22H17ClN6O2S/c1-29-20-7-3-6-19(21(20)26-28-29)27-32(30,31)17-5-2-4-16(13-17)25-22-18-12-15(23)9-8-14(18)10-11-24-22/h2-13,27H,1H3,(H,24,25). The molecule has 160 valence electrons. The first kappa shape index (κ1) is 20.2. The zero-order chi connectivity index (χ0) is 22.3. The lowest BCUT2D eigenvalue weighted by atomic mass is 10.1. The van der Waals surface area contributed by atoms with Crippen LogP contribution in [0.2, 0.25) is 5.02 Å². The normalized spacial score (nSPS) is 11.7. The highest BCUT2D eigenvalue weighted by atomic mass is 35.5. The molecule has 0 saturated heterocycles. The lowest BCUT2D eigenvalue weighted by molar-refractivity contribution is 0.601. The first-order valence-corrected chi connectivity index (χ1v) is 11.5. The zero-order valence-corrected chi connectivity index (χ0v) is 18.4. The van der Waals surface area contributed by atoms with Gasteiger partial charge in [-0.3, -0.25) is 4.72 Å². The van der Waals surface area contributed by atoms with Crippen LogP contribution < -0.4 is 10.0 Å². The Balaban J connectivity index is 1.48. The molecule has 2 aromatic heterocycles. The SMILES string of the molecule is Cn1nnc2c(NS(=O)(=O)c3cccc(Nc4nccc5ccc(Cl)cc45)c3)cccc21. The van der Waals surface area contributed by atoms with Crippen molar-refractivity contribution in [2.24, 2.45) is 7.05 Å². The molecule has 0 spiro atoms. The Morgan fingerprint density at radius 1 is 1.00 bits per heavy atom. The van der Waals surface area contributed by atoms with Crippen LogP contribution in [0, 0.1) is 0 Å². The fraction of sp³-hybridized carbons (Fsp3) is 0.0455. The van der Waals surface area contributed by atoms with Gasteiger partial charge in [-0.2, -0.15) is 0 Å². The molecule has 0 fully saturated rings. The maximum Gasteiger partial charge on any atom is 0.262 e. The van der Waals surface area contributed by atoms with Crippen molar-refractivity contribution in [2.75, 3.05) is 10.0 Å². The molecule has 2 N–H and O–H groups in total. The highest BCUT2D eigenvalue weighted by Crippen LogP contribution is 2.29. The largest absolute Gasteiger partial charge is 0.340 e. The van der Waals surface area contributed by atoms with Gasteiger partial charge in [-0.1, -0.05) is 35.0 Å². The van der Waals surface area contributed by atoms with Gasteiger partial charge in [0.25, 0.3) is 10.0 Å². The van der Waals surface area contributed by atoms with E-state index in [1.807, 2.05) is 30.3 Å². The monoisotopic (exact) mass is 464 g/mol. The minimum atomic E-state index is -3.87. The molecule has 0 unspecified atom stereocenters. The van der Waals surface area contributed by atoms with Crippen molar-refractivity contribution < 1.29 is 8.42 Å². The van der Waals surface area contributed by atoms with Crippen LogP contribution in [0.25, 0.3) is 21.8 Å². The lowest BCUT2D eigenvalue weighted by Crippen LogP contribution is -2.13. The number of hydrogen-bond donors (Lipinski definition) is 2. The second-order valence-electron chi connectivity index (χ2n) is 7.17. The quantitative estimate of drug-likeness (QED) is 0.390. The van der Waals surface area contributed by atoms with E-state index in [9.17, 15) is 8.42 Å². The van der Waals surface area contributed by atoms with Gasteiger partial charge in [-0.15, -0.1) is 5.10 Å². The van der Waals surface area contributed by atoms with Crippen molar-refractivity contribution in [3.05, 3.63) is 77.9 Å². The molecule has 0 atom stereocenters. The zero-order valence-electron chi connectivity index (χ0n) is 16.8. The number of halogens is 1. The van der Waals surface area contributed by atoms with Crippen LogP contribution in [0.5, 0.6) is 0 Å². The number of sulfonamides is 1. The Labute approximate surface area is 188 Å². The lowest BCUT2D eigenvalue weighted by Gasteiger charge is -2.12. The van der Waals surface area contributed by atoms with Gasteiger partial charge in [0.15, 0.2) is 0 Å². The highest BCUT2D eigenvalue weighted by molar-refractivity contribution is 7.92. The molecule has 0 aliphatic carbocycles. The molecule has 10 heteroatoms. The molecule has 0 saturated carbocycles. The number of aromatic nitrogens is 4. The van der Waals surface area contributed by atoms with Crippen molar-refractivity contribution in [3.63, 3.8) is 0 Å². The Morgan fingerprint density at radius 3 is 2.72 bits per heavy atom. The van der Waals surface area contributed by atoms with Crippen LogP contribution >= 0.6 is 11.6 Å². The number of anilines is 3. The summed E-state index contributed by atoms with van der Waals surface area (Å²) in [5.74, 6) is 0.580. The van der Waals surface area contributed by atoms with E-state index in [4.69, 9.17) is 11.6 Å². The van der Waals surface area contributed by atoms with Gasteiger partial charge >= 0.3 is 0 Å². The van der Waals surface area contributed by atoms with E-state index in [1.54, 1.807) is 48.3 Å². The van der Waals surface area contributed by atoms with Gasteiger partial charge in [0.2, 0.25) is 0 Å². The van der Waals surface area contributed by atoms with Gasteiger partial charge in [-0.05, 0) is 53.9 Å². The molecule has 0 bridgehead atoms. The molecule has 0 amide bonds. The molecule has 5 rings (SSSR count). The molecule has 3 aromatic carbocycles. The van der Waals surface area contributed by atoms with Gasteiger partial charge in [0.1, 0.15) is 11.3 Å². The maximum atomic E-state index is 13.1. The van der Waals surface area contributed by atoms with E-state index in [-0.39, 0.29) is 4.90 Å². The summed E-state index contributed by atoms with van der Waals surface area (Å²) in [5.41, 5.74) is 2.14. The molecule has 8 nitrogen and oxygen atoms in total. The second-order valence-corrected chi connectivity index (χ2v) is 9.29. The van der Waals surface area contributed by atoms with Crippen LogP contribution in [0.4, 0.5) is 17.2 Å². The third kappa shape index (κ3) is 3.72. The molecule has 2 heterocycles. The summed E-state index contributed by atoms with van der Waals surface area (Å²) >= 11 is 6.14. The van der Waals surface area contributed by atoms with Crippen molar-refractivity contribution >= 4 is 60.6 Å². The Hall–Kier alpha value is -3.69. The average molecular weight is 465 g/mol. The van der Waals surface area contributed by atoms with E-state index >= 15 is 0 Å². The fourth-order valence-electron chi connectivity index (χ4n) is 3.46. The maximum absolute atomic E-state index is 13.1. The summed E-state index contributed by atoms with van der Waals surface area (Å²) < 4.78 is 30.4. The predicted octanol–water partition coefficient (Wildman–Crippen LogP) is 4.71. The van der Waals surface area contributed by atoms with E-state index in [0.717, 1.165) is 16.3 Å². The van der Waals surface area contributed by atoms with E-state index in [0.29, 0.717) is 27.7 Å². The van der Waals surface area contributed by atoms with Crippen LogP contribution in [0.15, 0.2) is 77.8 Å². The predicted molar refractivity (Wildman–Crippen MR) is 126 cm³/mol. The molecule has 0 aliphatic rings. The molecule has 32 heavy (non-hydrogen) atoms. The number of nitrogens with zero attached hydrogens (tertiary/aromatic N) is 4. The van der Waals surface area contributed by atoms with Crippen LogP contribution in [0.1, 0.15) is 0 Å². The Kier molecular flexibility index (Phi) is 4.91. The van der Waals surface area contributed by atoms with Crippen molar-refractivity contribution in [1.29, 1.82) is 0 Å². The highest BCUT2D eigenvalue weighted by Gasteiger charge is 2.18. The molecular formula is C22H17ClN6O2S. The van der Waals surface area contributed by atoms with Crippen molar-refractivity contribution in [2.45, 2.75) is 4.90 Å². The molecular weight excluding hydrogens is 448 g/mol. The Morgan fingerprint density at radius 2 is 1.84 bits per heavy atom. The minimum absolute atomic E-state index is 0.0988. The number of fused-ring (bicyclic) bond motifs is 2. The minimum Gasteiger partial charge on any atom is -0.340 e. The third-order valence-electron chi connectivity index (χ3n) is 5.02. The topological polar surface area (TPSA) is 102 Å². The number of pyridine rings is 1. The summed E-state index contributed by atoms with van der Waals surface area (Å²) in [6.07, 6.45) is 1.68. The number of benzene rings is 3. The number of nitrogens with one attached hydrogen (secondary N) is 2. The number of aryl methyl sites for hydroxylation is 1. The first-order valence-electron chi connectivity index (χ1n) is 9.63. The van der Waals surface area contributed by atoms with E-state index in [1.165, 1.54) is 6.07 Å². The second kappa shape index (κ2) is 7.77. The first-order chi connectivity index (χ1) is 15.4. The third-order valence-corrected chi connectivity index (χ3v) is 6.62. The smallest absolute Gasteiger partial charge is 0.262 e. The van der Waals surface area contributed by atoms with Gasteiger partial charge in [-0.25, -0.2) is 18.1 Å². The Bertz CT molecular complexity index is 1580. The summed E-state index contributed by atoms with van der Waals surface area (Å²) in [6.45, 7) is 0. The molecule has 0 radical (unpaired) electrons. The summed E-state index contributed by atoms with van der Waals surface area (Å²) in [5, 5.41) is 13.6. The van der Waals surface area contributed by atoms with Crippen molar-refractivity contribution in [3.8, 4) is 0 Å². The summed E-state index contributed by atoms with van der Waals surface area (Å²) in [6, 6.07) is 19.1. The van der Waals surface area contributed by atoms with Crippen LogP contribution in [0.3, 0.4) is 0 Å². The number of hydrogen-bond acceptors (Lipinski definition) is 6. The van der Waals surface area contributed by atoms with Crippen LogP contribution in [-0.2, 0) is 17.1 Å². The average Bonchev–Trinajstić information content (AvgIpc) is 3.16. The summed E-state index contributed by atoms with van der Waals surface area (Å²) in [4.78, 5) is 4.49. The van der Waals surface area contributed by atoms with E-state index in [2.05, 4.69) is 25.3 Å². The summed E-state index contributed by atoms with van der Waals surface area (Å²) in [7, 11) is -2.12. The van der Waals surface area contributed by atoms with Gasteiger partial charge < -0.3 is 5.32 Å².